The zero-order chi connectivity index (χ0) is 27.3. The van der Waals surface area contributed by atoms with E-state index in [2.05, 4.69) is 79.5 Å². The number of carbonyl (C=O) groups excluding carboxylic acids is 2. The number of halogens is 4. The predicted molar refractivity (Wildman–Crippen MR) is 150 cm³/mol. The lowest BCUT2D eigenvalue weighted by atomic mass is 9.87. The van der Waals surface area contributed by atoms with E-state index in [-0.39, 0.29) is 24.6 Å². The average Bonchev–Trinajstić information content (AvgIpc) is 3.27. The summed E-state index contributed by atoms with van der Waals surface area (Å²) < 4.78 is 13.3. The zero-order valence-electron chi connectivity index (χ0n) is 19.8. The highest BCUT2D eigenvalue weighted by atomic mass is 79.9. The SMILES string of the molecule is COC1=C(Br)[C@@H](O)[C@@]2(C=C1Br)CC(C(=O)NCCCOc1c(Br)cc([C@@H](O)CNC(C)=O)cc1Br)=NO2. The van der Waals surface area contributed by atoms with Crippen molar-refractivity contribution in [2.45, 2.75) is 37.6 Å². The molecule has 3 atom stereocenters. The second-order valence-corrected chi connectivity index (χ2v) is 11.7. The Morgan fingerprint density at radius 2 is 1.92 bits per heavy atom. The molecule has 3 rings (SSSR count). The van der Waals surface area contributed by atoms with Gasteiger partial charge in [-0.25, -0.2) is 0 Å². The van der Waals surface area contributed by atoms with Crippen LogP contribution < -0.4 is 15.4 Å². The predicted octanol–water partition coefficient (Wildman–Crippen LogP) is 3.69. The normalized spacial score (nSPS) is 21.7. The maximum atomic E-state index is 12.6. The van der Waals surface area contributed by atoms with Crippen LogP contribution in [0.3, 0.4) is 0 Å². The summed E-state index contributed by atoms with van der Waals surface area (Å²) in [4.78, 5) is 29.2. The standard InChI is InChI=1S/C23H25Br4N3O7/c1-11(31)29-10-17(32)12-6-13(24)19(14(25)7-12)36-5-3-4-28-22(34)16-9-23(37-30-16)8-15(26)20(35-2)18(27)21(23)33/h6-8,17,21,32-33H,3-5,9-10H2,1-2H3,(H,28,34)(H,29,31)/t17-,21+,23+/m0/s1. The summed E-state index contributed by atoms with van der Waals surface area (Å²) in [7, 11) is 1.48. The number of benzene rings is 1. The molecule has 1 aromatic rings. The Balaban J connectivity index is 1.47. The number of allylic oxidation sites excluding steroid dienone is 1. The smallest absolute Gasteiger partial charge is 0.269 e. The molecule has 0 bridgehead atoms. The van der Waals surface area contributed by atoms with Gasteiger partial charge in [0.2, 0.25) is 5.91 Å². The van der Waals surface area contributed by atoms with Gasteiger partial charge < -0.3 is 35.2 Å². The summed E-state index contributed by atoms with van der Waals surface area (Å²) in [6, 6.07) is 3.44. The molecule has 202 valence electrons. The van der Waals surface area contributed by atoms with Crippen LogP contribution in [0.15, 0.2) is 47.0 Å². The van der Waals surface area contributed by atoms with Crippen molar-refractivity contribution in [3.8, 4) is 5.75 Å². The summed E-state index contributed by atoms with van der Waals surface area (Å²) in [6.45, 7) is 2.12. The molecule has 2 aliphatic rings. The van der Waals surface area contributed by atoms with E-state index < -0.39 is 23.7 Å². The van der Waals surface area contributed by atoms with Gasteiger partial charge in [0, 0.05) is 26.4 Å². The summed E-state index contributed by atoms with van der Waals surface area (Å²) in [5, 5.41) is 30.2. The number of hydrogen-bond acceptors (Lipinski definition) is 8. The highest BCUT2D eigenvalue weighted by molar-refractivity contribution is 9.12. The average molecular weight is 775 g/mol. The Morgan fingerprint density at radius 1 is 1.24 bits per heavy atom. The number of oxime groups is 1. The van der Waals surface area contributed by atoms with Crippen molar-refractivity contribution in [1.29, 1.82) is 0 Å². The molecule has 2 amide bonds. The van der Waals surface area contributed by atoms with E-state index in [1.165, 1.54) is 14.0 Å². The van der Waals surface area contributed by atoms with Gasteiger partial charge in [0.1, 0.15) is 23.3 Å². The molecule has 0 fully saturated rings. The van der Waals surface area contributed by atoms with E-state index in [1.54, 1.807) is 18.2 Å². The summed E-state index contributed by atoms with van der Waals surface area (Å²) in [5.41, 5.74) is -0.442. The molecule has 0 unspecified atom stereocenters. The number of hydrogen-bond donors (Lipinski definition) is 4. The van der Waals surface area contributed by atoms with Gasteiger partial charge in [0.05, 0.1) is 37.7 Å². The molecule has 1 spiro atoms. The molecule has 37 heavy (non-hydrogen) atoms. The quantitative estimate of drug-likeness (QED) is 0.266. The molecular formula is C23H25Br4N3O7. The Labute approximate surface area is 247 Å². The van der Waals surface area contributed by atoms with E-state index in [0.29, 0.717) is 54.6 Å². The highest BCUT2D eigenvalue weighted by Crippen LogP contribution is 2.44. The monoisotopic (exact) mass is 771 g/mol. The number of carbonyl (C=O) groups is 2. The number of amides is 2. The molecule has 0 radical (unpaired) electrons. The molecule has 0 aromatic heterocycles. The second-order valence-electron chi connectivity index (χ2n) is 8.26. The number of nitrogens with one attached hydrogen (secondary N) is 2. The Bertz CT molecular complexity index is 1130. The molecule has 1 aliphatic carbocycles. The third kappa shape index (κ3) is 7.15. The minimum absolute atomic E-state index is 0.0811. The van der Waals surface area contributed by atoms with E-state index in [0.717, 1.165) is 0 Å². The van der Waals surface area contributed by atoms with Crippen molar-refractivity contribution in [2.75, 3.05) is 26.8 Å². The van der Waals surface area contributed by atoms with Crippen molar-refractivity contribution >= 4 is 81.2 Å². The van der Waals surface area contributed by atoms with Gasteiger partial charge in [0.25, 0.3) is 5.91 Å². The van der Waals surface area contributed by atoms with E-state index in [4.69, 9.17) is 14.3 Å². The third-order valence-corrected chi connectivity index (χ3v) is 8.11. The highest BCUT2D eigenvalue weighted by Gasteiger charge is 2.50. The lowest BCUT2D eigenvalue weighted by molar-refractivity contribution is -0.119. The van der Waals surface area contributed by atoms with Gasteiger partial charge in [-0.2, -0.15) is 0 Å². The topological polar surface area (TPSA) is 139 Å². The third-order valence-electron chi connectivity index (χ3n) is 5.55. The van der Waals surface area contributed by atoms with E-state index in [1.807, 2.05) is 0 Å². The first kappa shape index (κ1) is 30.1. The van der Waals surface area contributed by atoms with Crippen LogP contribution >= 0.6 is 63.7 Å². The van der Waals surface area contributed by atoms with E-state index >= 15 is 0 Å². The number of ether oxygens (including phenoxy) is 2. The maximum absolute atomic E-state index is 12.6. The van der Waals surface area contributed by atoms with Crippen molar-refractivity contribution in [3.05, 3.63) is 47.4 Å². The lowest BCUT2D eigenvalue weighted by Crippen LogP contribution is -2.45. The summed E-state index contributed by atoms with van der Waals surface area (Å²) >= 11 is 13.6. The van der Waals surface area contributed by atoms with Crippen LogP contribution in [0.5, 0.6) is 5.75 Å². The maximum Gasteiger partial charge on any atom is 0.269 e. The molecule has 0 saturated heterocycles. The fourth-order valence-electron chi connectivity index (χ4n) is 3.64. The molecule has 14 heteroatoms. The van der Waals surface area contributed by atoms with Crippen LogP contribution in [-0.4, -0.2) is 66.3 Å². The molecule has 4 N–H and O–H groups in total. The second kappa shape index (κ2) is 13.1. The fraction of sp³-hybridized carbons (Fsp3) is 0.435. The summed E-state index contributed by atoms with van der Waals surface area (Å²) in [6.07, 6.45) is 0.265. The number of aliphatic hydroxyl groups is 2. The van der Waals surface area contributed by atoms with Gasteiger partial charge in [-0.05, 0) is 93.9 Å². The van der Waals surface area contributed by atoms with Crippen molar-refractivity contribution < 1.29 is 34.1 Å². The van der Waals surface area contributed by atoms with Crippen LogP contribution in [0, 0.1) is 0 Å². The van der Waals surface area contributed by atoms with Crippen LogP contribution in [0.4, 0.5) is 0 Å². The molecule has 1 aromatic carbocycles. The Kier molecular flexibility index (Phi) is 10.6. The molecule has 1 heterocycles. The van der Waals surface area contributed by atoms with Gasteiger partial charge >= 0.3 is 0 Å². The number of rotatable bonds is 10. The minimum Gasteiger partial charge on any atom is -0.495 e. The minimum atomic E-state index is -1.21. The first-order valence-corrected chi connectivity index (χ1v) is 14.2. The van der Waals surface area contributed by atoms with Crippen LogP contribution in [0.2, 0.25) is 0 Å². The fourth-order valence-corrected chi connectivity index (χ4v) is 6.88. The van der Waals surface area contributed by atoms with Crippen LogP contribution in [0.25, 0.3) is 0 Å². The summed E-state index contributed by atoms with van der Waals surface area (Å²) in [5.74, 6) is 0.369. The Hall–Kier alpha value is -1.45. The van der Waals surface area contributed by atoms with Gasteiger partial charge in [-0.15, -0.1) is 0 Å². The molecule has 10 nitrogen and oxygen atoms in total. The molecular weight excluding hydrogens is 750 g/mol. The number of methoxy groups -OCH3 is 1. The van der Waals surface area contributed by atoms with Crippen molar-refractivity contribution in [3.63, 3.8) is 0 Å². The first-order valence-electron chi connectivity index (χ1n) is 11.1. The largest absolute Gasteiger partial charge is 0.495 e. The number of nitrogens with zero attached hydrogens (tertiary/aromatic N) is 1. The van der Waals surface area contributed by atoms with E-state index in [9.17, 15) is 19.8 Å². The number of aliphatic hydroxyl groups excluding tert-OH is 2. The lowest BCUT2D eigenvalue weighted by Gasteiger charge is -2.33. The molecule has 1 aliphatic heterocycles. The van der Waals surface area contributed by atoms with Gasteiger partial charge in [-0.3, -0.25) is 9.59 Å². The van der Waals surface area contributed by atoms with Crippen molar-refractivity contribution in [2.24, 2.45) is 5.16 Å². The van der Waals surface area contributed by atoms with Crippen molar-refractivity contribution in [1.82, 2.24) is 10.6 Å². The van der Waals surface area contributed by atoms with Crippen LogP contribution in [-0.2, 0) is 19.2 Å². The molecule has 0 saturated carbocycles. The van der Waals surface area contributed by atoms with Gasteiger partial charge in [-0.1, -0.05) is 5.16 Å². The first-order chi connectivity index (χ1) is 17.5. The van der Waals surface area contributed by atoms with Gasteiger partial charge in [0.15, 0.2) is 5.60 Å². The zero-order valence-corrected chi connectivity index (χ0v) is 26.2. The Morgan fingerprint density at radius 3 is 2.54 bits per heavy atom. The van der Waals surface area contributed by atoms with Crippen LogP contribution in [0.1, 0.15) is 31.4 Å².